The van der Waals surface area contributed by atoms with Gasteiger partial charge in [0.15, 0.2) is 0 Å². The summed E-state index contributed by atoms with van der Waals surface area (Å²) in [6, 6.07) is -2.15. The molecule has 0 spiro atoms. The molecule has 0 fully saturated rings. The Balaban J connectivity index is 4.71. The Labute approximate surface area is 106 Å². The first kappa shape index (κ1) is 17.2. The molecule has 0 saturated heterocycles. The maximum atomic E-state index is 12.6. The van der Waals surface area contributed by atoms with Crippen LogP contribution in [0, 0.1) is 5.92 Å². The van der Waals surface area contributed by atoms with E-state index in [0.29, 0.717) is 19.3 Å². The number of nitrogens with two attached hydrogens (primary N) is 1. The van der Waals surface area contributed by atoms with Gasteiger partial charge in [-0.1, -0.05) is 26.7 Å². The molecular weight excluding hydrogens is 247 g/mol. The third kappa shape index (κ3) is 5.71. The van der Waals surface area contributed by atoms with E-state index in [-0.39, 0.29) is 12.5 Å². The molecule has 6 heteroatoms. The summed E-state index contributed by atoms with van der Waals surface area (Å²) in [5.41, 5.74) is 5.13. The Kier molecular flexibility index (Phi) is 7.28. The molecule has 0 amide bonds. The quantitative estimate of drug-likeness (QED) is 0.723. The fraction of sp³-hybridized carbons (Fsp3) is 0.917. The van der Waals surface area contributed by atoms with E-state index in [4.69, 9.17) is 10.5 Å². The SMILES string of the molecule is CCCC[C@H](C(=O)OC(C)CC)[C@H](N)C(F)(F)F. The van der Waals surface area contributed by atoms with E-state index in [1.165, 1.54) is 0 Å². The zero-order valence-electron chi connectivity index (χ0n) is 11.1. The van der Waals surface area contributed by atoms with Crippen LogP contribution in [-0.2, 0) is 9.53 Å². The zero-order chi connectivity index (χ0) is 14.3. The number of rotatable bonds is 7. The van der Waals surface area contributed by atoms with Crippen LogP contribution in [0.25, 0.3) is 0 Å². The Morgan fingerprint density at radius 1 is 1.33 bits per heavy atom. The van der Waals surface area contributed by atoms with Gasteiger partial charge in [-0.3, -0.25) is 4.79 Å². The molecule has 0 saturated carbocycles. The van der Waals surface area contributed by atoms with E-state index < -0.39 is 24.1 Å². The van der Waals surface area contributed by atoms with Crippen molar-refractivity contribution in [1.29, 1.82) is 0 Å². The summed E-state index contributed by atoms with van der Waals surface area (Å²) in [4.78, 5) is 11.7. The molecule has 3 atom stereocenters. The number of esters is 1. The van der Waals surface area contributed by atoms with Gasteiger partial charge in [-0.05, 0) is 19.8 Å². The predicted octanol–water partition coefficient (Wildman–Crippen LogP) is 3.02. The van der Waals surface area contributed by atoms with E-state index in [2.05, 4.69) is 0 Å². The average Bonchev–Trinajstić information content (AvgIpc) is 2.27. The maximum absolute atomic E-state index is 12.6. The second-order valence-electron chi connectivity index (χ2n) is 4.47. The van der Waals surface area contributed by atoms with E-state index in [1.807, 2.05) is 6.92 Å². The number of hydrogen-bond donors (Lipinski definition) is 1. The first-order chi connectivity index (χ1) is 8.23. The molecule has 3 nitrogen and oxygen atoms in total. The molecule has 0 radical (unpaired) electrons. The van der Waals surface area contributed by atoms with Crippen molar-refractivity contribution < 1.29 is 22.7 Å². The fourth-order valence-electron chi connectivity index (χ4n) is 1.47. The first-order valence-corrected chi connectivity index (χ1v) is 6.26. The van der Waals surface area contributed by atoms with Crippen molar-refractivity contribution in [3.05, 3.63) is 0 Å². The van der Waals surface area contributed by atoms with Gasteiger partial charge in [0, 0.05) is 0 Å². The third-order valence-corrected chi connectivity index (χ3v) is 2.88. The number of carbonyl (C=O) groups is 1. The minimum absolute atomic E-state index is 0.104. The fourth-order valence-corrected chi connectivity index (χ4v) is 1.47. The van der Waals surface area contributed by atoms with Gasteiger partial charge in [0.2, 0.25) is 0 Å². The van der Waals surface area contributed by atoms with Crippen LogP contribution < -0.4 is 5.73 Å². The van der Waals surface area contributed by atoms with Crippen molar-refractivity contribution in [3.8, 4) is 0 Å². The van der Waals surface area contributed by atoms with Gasteiger partial charge in [0.25, 0.3) is 0 Å². The minimum atomic E-state index is -4.58. The lowest BCUT2D eigenvalue weighted by Gasteiger charge is -2.25. The van der Waals surface area contributed by atoms with Crippen LogP contribution in [0.1, 0.15) is 46.5 Å². The van der Waals surface area contributed by atoms with Crippen molar-refractivity contribution in [2.24, 2.45) is 11.7 Å². The van der Waals surface area contributed by atoms with Crippen LogP contribution in [0.4, 0.5) is 13.2 Å². The van der Waals surface area contributed by atoms with E-state index in [1.54, 1.807) is 13.8 Å². The lowest BCUT2D eigenvalue weighted by atomic mass is 9.94. The van der Waals surface area contributed by atoms with Crippen LogP contribution in [-0.4, -0.2) is 24.3 Å². The molecule has 108 valence electrons. The predicted molar refractivity (Wildman–Crippen MR) is 62.9 cm³/mol. The van der Waals surface area contributed by atoms with Crippen molar-refractivity contribution in [2.45, 2.75) is 64.8 Å². The molecule has 1 unspecified atom stereocenters. The molecule has 0 aromatic heterocycles. The van der Waals surface area contributed by atoms with Crippen LogP contribution in [0.5, 0.6) is 0 Å². The van der Waals surface area contributed by atoms with Gasteiger partial charge in [-0.2, -0.15) is 13.2 Å². The van der Waals surface area contributed by atoms with Gasteiger partial charge >= 0.3 is 12.1 Å². The third-order valence-electron chi connectivity index (χ3n) is 2.88. The molecule has 0 aromatic rings. The van der Waals surface area contributed by atoms with E-state index in [0.717, 1.165) is 0 Å². The highest BCUT2D eigenvalue weighted by Crippen LogP contribution is 2.28. The largest absolute Gasteiger partial charge is 0.462 e. The molecule has 0 bridgehead atoms. The highest BCUT2D eigenvalue weighted by molar-refractivity contribution is 5.73. The van der Waals surface area contributed by atoms with Gasteiger partial charge in [-0.15, -0.1) is 0 Å². The normalized spacial score (nSPS) is 17.1. The number of carbonyl (C=O) groups excluding carboxylic acids is 1. The number of alkyl halides is 3. The molecule has 0 aromatic carbocycles. The van der Waals surface area contributed by atoms with Crippen LogP contribution in [0.15, 0.2) is 0 Å². The average molecular weight is 269 g/mol. The van der Waals surface area contributed by atoms with Gasteiger partial charge in [0.1, 0.15) is 6.04 Å². The van der Waals surface area contributed by atoms with Crippen LogP contribution in [0.2, 0.25) is 0 Å². The second-order valence-corrected chi connectivity index (χ2v) is 4.47. The van der Waals surface area contributed by atoms with Crippen molar-refractivity contribution in [2.75, 3.05) is 0 Å². The Hall–Kier alpha value is -0.780. The summed E-state index contributed by atoms with van der Waals surface area (Å²) in [6.45, 7) is 5.28. The summed E-state index contributed by atoms with van der Waals surface area (Å²) in [7, 11) is 0. The number of ether oxygens (including phenoxy) is 1. The molecule has 0 aliphatic heterocycles. The number of unbranched alkanes of at least 4 members (excludes halogenated alkanes) is 1. The van der Waals surface area contributed by atoms with Crippen LogP contribution >= 0.6 is 0 Å². The second kappa shape index (κ2) is 7.61. The summed E-state index contributed by atoms with van der Waals surface area (Å²) < 4.78 is 42.7. The number of hydrogen-bond acceptors (Lipinski definition) is 3. The van der Waals surface area contributed by atoms with Crippen molar-refractivity contribution in [3.63, 3.8) is 0 Å². The van der Waals surface area contributed by atoms with Crippen molar-refractivity contribution >= 4 is 5.97 Å². The molecule has 2 N–H and O–H groups in total. The Morgan fingerprint density at radius 2 is 1.89 bits per heavy atom. The lowest BCUT2D eigenvalue weighted by Crippen LogP contribution is -2.47. The highest BCUT2D eigenvalue weighted by atomic mass is 19.4. The van der Waals surface area contributed by atoms with Crippen LogP contribution in [0.3, 0.4) is 0 Å². The Morgan fingerprint density at radius 3 is 2.28 bits per heavy atom. The number of halogens is 3. The smallest absolute Gasteiger partial charge is 0.404 e. The lowest BCUT2D eigenvalue weighted by molar-refractivity contribution is -0.179. The first-order valence-electron chi connectivity index (χ1n) is 6.26. The van der Waals surface area contributed by atoms with E-state index >= 15 is 0 Å². The zero-order valence-corrected chi connectivity index (χ0v) is 11.1. The molecule has 0 aliphatic carbocycles. The Bertz CT molecular complexity index is 256. The molecular formula is C12H22F3NO2. The molecule has 0 aliphatic rings. The van der Waals surface area contributed by atoms with E-state index in [9.17, 15) is 18.0 Å². The summed E-state index contributed by atoms with van der Waals surface area (Å²) >= 11 is 0. The van der Waals surface area contributed by atoms with Gasteiger partial charge in [0.05, 0.1) is 12.0 Å². The maximum Gasteiger partial charge on any atom is 0.404 e. The minimum Gasteiger partial charge on any atom is -0.462 e. The topological polar surface area (TPSA) is 52.3 Å². The highest BCUT2D eigenvalue weighted by Gasteiger charge is 2.45. The standard InChI is InChI=1S/C12H22F3NO2/c1-4-6-7-9(10(16)12(13,14)15)11(17)18-8(3)5-2/h8-10H,4-7,16H2,1-3H3/t8?,9-,10-/m0/s1. The summed E-state index contributed by atoms with van der Waals surface area (Å²) in [6.07, 6.45) is -3.07. The van der Waals surface area contributed by atoms with Gasteiger partial charge in [-0.25, -0.2) is 0 Å². The van der Waals surface area contributed by atoms with Crippen molar-refractivity contribution in [1.82, 2.24) is 0 Å². The molecule has 18 heavy (non-hydrogen) atoms. The molecule has 0 heterocycles. The molecule has 0 rings (SSSR count). The monoisotopic (exact) mass is 269 g/mol. The summed E-state index contributed by atoms with van der Waals surface area (Å²) in [5, 5.41) is 0. The summed E-state index contributed by atoms with van der Waals surface area (Å²) in [5.74, 6) is -2.15. The van der Waals surface area contributed by atoms with Gasteiger partial charge < -0.3 is 10.5 Å².